The summed E-state index contributed by atoms with van der Waals surface area (Å²) in [4.78, 5) is 14.6. The molecule has 1 saturated heterocycles. The molecule has 1 amide bonds. The van der Waals surface area contributed by atoms with E-state index in [4.69, 9.17) is 0 Å². The zero-order valence-corrected chi connectivity index (χ0v) is 14.2. The Morgan fingerprint density at radius 2 is 2.00 bits per heavy atom. The molecule has 6 nitrogen and oxygen atoms in total. The Bertz CT molecular complexity index is 648. The van der Waals surface area contributed by atoms with Crippen molar-refractivity contribution >= 4 is 17.7 Å². The molecular formula is C16H21N5OS. The highest BCUT2D eigenvalue weighted by atomic mass is 32.2. The summed E-state index contributed by atoms with van der Waals surface area (Å²) in [5.41, 5.74) is 1.67. The summed E-state index contributed by atoms with van der Waals surface area (Å²) in [6, 6.07) is 7.45. The van der Waals surface area contributed by atoms with Crippen LogP contribution in [0.4, 0.5) is 0 Å². The number of nitrogens with zero attached hydrogens (tertiary/aromatic N) is 4. The number of hydrogen-bond donors (Lipinski definition) is 1. The van der Waals surface area contributed by atoms with E-state index in [-0.39, 0.29) is 11.4 Å². The van der Waals surface area contributed by atoms with Crippen molar-refractivity contribution in [1.29, 1.82) is 0 Å². The maximum atomic E-state index is 12.4. The van der Waals surface area contributed by atoms with Crippen molar-refractivity contribution in [3.8, 4) is 5.69 Å². The molecule has 1 fully saturated rings. The van der Waals surface area contributed by atoms with Crippen LogP contribution in [0.25, 0.3) is 5.69 Å². The van der Waals surface area contributed by atoms with Gasteiger partial charge in [-0.1, -0.05) is 0 Å². The Morgan fingerprint density at radius 3 is 2.57 bits per heavy atom. The van der Waals surface area contributed by atoms with Crippen molar-refractivity contribution in [3.63, 3.8) is 0 Å². The molecule has 0 radical (unpaired) electrons. The highest BCUT2D eigenvalue weighted by molar-refractivity contribution is 7.99. The number of aromatic nitrogens is 3. The van der Waals surface area contributed by atoms with Gasteiger partial charge < -0.3 is 10.2 Å². The topological polar surface area (TPSA) is 63.1 Å². The summed E-state index contributed by atoms with van der Waals surface area (Å²) >= 11 is 1.95. The van der Waals surface area contributed by atoms with Crippen LogP contribution < -0.4 is 5.32 Å². The van der Waals surface area contributed by atoms with Gasteiger partial charge in [0, 0.05) is 29.1 Å². The molecule has 23 heavy (non-hydrogen) atoms. The molecular weight excluding hydrogens is 310 g/mol. The van der Waals surface area contributed by atoms with Crippen LogP contribution in [0, 0.1) is 0 Å². The van der Waals surface area contributed by atoms with Gasteiger partial charge in [0.05, 0.1) is 0 Å². The number of carbonyl (C=O) groups is 1. The first-order valence-electron chi connectivity index (χ1n) is 7.59. The summed E-state index contributed by atoms with van der Waals surface area (Å²) in [6.45, 7) is 0.680. The third-order valence-corrected chi connectivity index (χ3v) is 5.69. The van der Waals surface area contributed by atoms with Crippen LogP contribution in [0.15, 0.2) is 36.9 Å². The van der Waals surface area contributed by atoms with E-state index in [9.17, 15) is 4.79 Å². The van der Waals surface area contributed by atoms with Gasteiger partial charge in [0.25, 0.3) is 5.91 Å². The SMILES string of the molecule is CN(C)[C@]1(CNC(=O)c2ccc(-n3cnnc3)cc2)CCSC1. The highest BCUT2D eigenvalue weighted by Gasteiger charge is 2.36. The molecule has 1 atom stereocenters. The van der Waals surface area contributed by atoms with Crippen LogP contribution in [-0.4, -0.2) is 63.3 Å². The number of amides is 1. The second-order valence-corrected chi connectivity index (χ2v) is 7.13. The smallest absolute Gasteiger partial charge is 0.251 e. The van der Waals surface area contributed by atoms with Gasteiger partial charge in [0.1, 0.15) is 12.7 Å². The molecule has 1 aromatic heterocycles. The van der Waals surface area contributed by atoms with E-state index in [1.165, 1.54) is 0 Å². The molecule has 0 unspecified atom stereocenters. The van der Waals surface area contributed by atoms with Crippen molar-refractivity contribution < 1.29 is 4.79 Å². The minimum Gasteiger partial charge on any atom is -0.350 e. The van der Waals surface area contributed by atoms with Crippen LogP contribution in [-0.2, 0) is 0 Å². The molecule has 0 saturated carbocycles. The fourth-order valence-electron chi connectivity index (χ4n) is 2.71. The molecule has 122 valence electrons. The summed E-state index contributed by atoms with van der Waals surface area (Å²) in [6.07, 6.45) is 4.37. The summed E-state index contributed by atoms with van der Waals surface area (Å²) < 4.78 is 1.80. The third-order valence-electron chi connectivity index (χ3n) is 4.46. The van der Waals surface area contributed by atoms with Gasteiger partial charge in [0.2, 0.25) is 0 Å². The molecule has 2 aromatic rings. The van der Waals surface area contributed by atoms with Gasteiger partial charge in [-0.25, -0.2) is 0 Å². The van der Waals surface area contributed by atoms with E-state index < -0.39 is 0 Å². The van der Waals surface area contributed by atoms with E-state index in [0.717, 1.165) is 23.6 Å². The normalized spacial score (nSPS) is 20.8. The van der Waals surface area contributed by atoms with Crippen LogP contribution in [0.2, 0.25) is 0 Å². The quantitative estimate of drug-likeness (QED) is 0.898. The number of likely N-dealkylation sites (N-methyl/N-ethyl adjacent to an activating group) is 1. The first-order chi connectivity index (χ1) is 11.1. The number of thioether (sulfide) groups is 1. The van der Waals surface area contributed by atoms with Crippen LogP contribution in [0.5, 0.6) is 0 Å². The van der Waals surface area contributed by atoms with Crippen molar-refractivity contribution in [1.82, 2.24) is 25.0 Å². The van der Waals surface area contributed by atoms with Crippen molar-refractivity contribution in [2.45, 2.75) is 12.0 Å². The van der Waals surface area contributed by atoms with E-state index in [0.29, 0.717) is 12.1 Å². The van der Waals surface area contributed by atoms with Crippen LogP contribution in [0.3, 0.4) is 0 Å². The average molecular weight is 331 g/mol. The van der Waals surface area contributed by atoms with Gasteiger partial charge in [-0.2, -0.15) is 11.8 Å². The predicted octanol–water partition coefficient (Wildman–Crippen LogP) is 1.43. The molecule has 3 rings (SSSR count). The molecule has 0 aliphatic carbocycles. The maximum absolute atomic E-state index is 12.4. The largest absolute Gasteiger partial charge is 0.350 e. The Hall–Kier alpha value is -1.86. The lowest BCUT2D eigenvalue weighted by Gasteiger charge is -2.35. The second kappa shape index (κ2) is 6.72. The highest BCUT2D eigenvalue weighted by Crippen LogP contribution is 2.31. The van der Waals surface area contributed by atoms with Gasteiger partial charge >= 0.3 is 0 Å². The lowest BCUT2D eigenvalue weighted by molar-refractivity contribution is 0.0914. The fourth-order valence-corrected chi connectivity index (χ4v) is 4.27. The van der Waals surface area contributed by atoms with Gasteiger partial charge in [-0.15, -0.1) is 10.2 Å². The number of rotatable bonds is 5. The zero-order valence-electron chi connectivity index (χ0n) is 13.4. The molecule has 0 bridgehead atoms. The van der Waals surface area contributed by atoms with Crippen molar-refractivity contribution in [2.75, 3.05) is 32.1 Å². The Labute approximate surface area is 140 Å². The lowest BCUT2D eigenvalue weighted by Crippen LogP contribution is -2.53. The Morgan fingerprint density at radius 1 is 1.30 bits per heavy atom. The number of carbonyl (C=O) groups excluding carboxylic acids is 1. The number of benzene rings is 1. The van der Waals surface area contributed by atoms with Crippen LogP contribution in [0.1, 0.15) is 16.8 Å². The number of hydrogen-bond acceptors (Lipinski definition) is 5. The monoisotopic (exact) mass is 331 g/mol. The molecule has 0 spiro atoms. The van der Waals surface area contributed by atoms with E-state index in [1.807, 2.05) is 36.0 Å². The summed E-state index contributed by atoms with van der Waals surface area (Å²) in [5, 5.41) is 10.7. The Kier molecular flexibility index (Phi) is 4.68. The van der Waals surface area contributed by atoms with E-state index >= 15 is 0 Å². The first-order valence-corrected chi connectivity index (χ1v) is 8.75. The van der Waals surface area contributed by atoms with Crippen molar-refractivity contribution in [3.05, 3.63) is 42.5 Å². The molecule has 1 aromatic carbocycles. The Balaban J connectivity index is 1.64. The first kappa shape index (κ1) is 16.0. The minimum absolute atomic E-state index is 0.0292. The predicted molar refractivity (Wildman–Crippen MR) is 92.1 cm³/mol. The molecule has 1 N–H and O–H groups in total. The van der Waals surface area contributed by atoms with E-state index in [1.54, 1.807) is 17.2 Å². The maximum Gasteiger partial charge on any atom is 0.251 e. The minimum atomic E-state index is -0.0292. The third kappa shape index (κ3) is 3.40. The number of nitrogens with one attached hydrogen (secondary N) is 1. The average Bonchev–Trinajstić information content (AvgIpc) is 3.25. The van der Waals surface area contributed by atoms with Crippen molar-refractivity contribution in [2.24, 2.45) is 0 Å². The lowest BCUT2D eigenvalue weighted by atomic mass is 9.97. The van der Waals surface area contributed by atoms with Gasteiger partial charge in [-0.05, 0) is 50.5 Å². The van der Waals surface area contributed by atoms with Gasteiger partial charge in [0.15, 0.2) is 0 Å². The van der Waals surface area contributed by atoms with Gasteiger partial charge in [-0.3, -0.25) is 9.36 Å². The molecule has 7 heteroatoms. The fraction of sp³-hybridized carbons (Fsp3) is 0.438. The summed E-state index contributed by atoms with van der Waals surface area (Å²) in [7, 11) is 4.18. The molecule has 1 aliphatic rings. The standard InChI is InChI=1S/C16H21N5OS/c1-20(2)16(7-8-23-10-16)9-17-15(22)13-3-5-14(6-4-13)21-11-18-19-12-21/h3-6,11-12H,7-10H2,1-2H3,(H,17,22)/t16-/m0/s1. The molecule has 2 heterocycles. The zero-order chi connectivity index (χ0) is 16.3. The van der Waals surface area contributed by atoms with Crippen LogP contribution >= 0.6 is 11.8 Å². The molecule has 1 aliphatic heterocycles. The second-order valence-electron chi connectivity index (χ2n) is 6.02. The summed E-state index contributed by atoms with van der Waals surface area (Å²) in [5.74, 6) is 2.19. The van der Waals surface area contributed by atoms with E-state index in [2.05, 4.69) is 34.5 Å².